The van der Waals surface area contributed by atoms with Crippen LogP contribution in [0.5, 0.6) is 0 Å². The van der Waals surface area contributed by atoms with Gasteiger partial charge in [-0.15, -0.1) is 0 Å². The molecule has 0 radical (unpaired) electrons. The van der Waals surface area contributed by atoms with Crippen molar-refractivity contribution in [1.82, 2.24) is 0 Å². The first-order chi connectivity index (χ1) is 9.90. The summed E-state index contributed by atoms with van der Waals surface area (Å²) >= 11 is 0. The van der Waals surface area contributed by atoms with Crippen molar-refractivity contribution >= 4 is 5.78 Å². The van der Waals surface area contributed by atoms with Gasteiger partial charge in [-0.2, -0.15) is 0 Å². The Labute approximate surface area is 127 Å². The molecule has 2 aromatic carbocycles. The first kappa shape index (κ1) is 14.1. The van der Waals surface area contributed by atoms with E-state index < -0.39 is 0 Å². The highest BCUT2D eigenvalue weighted by Crippen LogP contribution is 2.56. The number of Topliss-reactive ketones (excluding diaryl/α,β-unsaturated/α-hetero) is 1. The van der Waals surface area contributed by atoms with E-state index >= 15 is 0 Å². The molecule has 1 nitrogen and oxygen atoms in total. The summed E-state index contributed by atoms with van der Waals surface area (Å²) in [5.41, 5.74) is 3.42. The van der Waals surface area contributed by atoms with Crippen molar-refractivity contribution in [2.75, 3.05) is 0 Å². The number of hydrogen-bond donors (Lipinski definition) is 0. The molecule has 2 aromatic rings. The average Bonchev–Trinajstić information content (AvgIpc) is 2.65. The van der Waals surface area contributed by atoms with Gasteiger partial charge in [-0.1, -0.05) is 75.4 Å². The lowest BCUT2D eigenvalue weighted by molar-refractivity contribution is -0.123. The van der Waals surface area contributed by atoms with Gasteiger partial charge in [0.25, 0.3) is 0 Å². The highest BCUT2D eigenvalue weighted by atomic mass is 16.1. The van der Waals surface area contributed by atoms with Crippen molar-refractivity contribution in [1.29, 1.82) is 0 Å². The van der Waals surface area contributed by atoms with E-state index in [2.05, 4.69) is 69.3 Å². The zero-order valence-electron chi connectivity index (χ0n) is 13.2. The second-order valence-corrected chi connectivity index (χ2v) is 6.88. The fourth-order valence-corrected chi connectivity index (χ4v) is 4.55. The number of hydrogen-bond acceptors (Lipinski definition) is 1. The molecule has 0 heterocycles. The second-order valence-electron chi connectivity index (χ2n) is 6.88. The third-order valence-electron chi connectivity index (χ3n) is 5.26. The monoisotopic (exact) mass is 278 g/mol. The van der Waals surface area contributed by atoms with Gasteiger partial charge in [0.1, 0.15) is 5.78 Å². The number of ketones is 1. The molecule has 0 saturated carbocycles. The molecular weight excluding hydrogens is 256 g/mol. The predicted molar refractivity (Wildman–Crippen MR) is 86.5 cm³/mol. The van der Waals surface area contributed by atoms with Crippen LogP contribution in [-0.2, 0) is 15.6 Å². The Kier molecular flexibility index (Phi) is 3.05. The summed E-state index contributed by atoms with van der Waals surface area (Å²) in [6.45, 7) is 8.36. The smallest absolute Gasteiger partial charge is 0.134 e. The molecular formula is C20H22O. The van der Waals surface area contributed by atoms with E-state index in [1.807, 2.05) is 6.07 Å². The van der Waals surface area contributed by atoms with Crippen LogP contribution < -0.4 is 0 Å². The van der Waals surface area contributed by atoms with Crippen molar-refractivity contribution in [3.05, 3.63) is 71.3 Å². The Morgan fingerprint density at radius 2 is 1.38 bits per heavy atom. The quantitative estimate of drug-likeness (QED) is 0.791. The molecule has 0 fully saturated rings. The number of rotatable bonds is 2. The van der Waals surface area contributed by atoms with Gasteiger partial charge < -0.3 is 0 Å². The molecule has 0 bridgehead atoms. The molecule has 3 rings (SSSR count). The van der Waals surface area contributed by atoms with Crippen LogP contribution in [0.4, 0.5) is 0 Å². The van der Waals surface area contributed by atoms with Crippen LogP contribution in [0.1, 0.15) is 44.4 Å². The molecule has 0 aromatic heterocycles. The molecule has 108 valence electrons. The Morgan fingerprint density at radius 3 is 1.95 bits per heavy atom. The summed E-state index contributed by atoms with van der Waals surface area (Å²) in [6, 6.07) is 19.0. The van der Waals surface area contributed by atoms with E-state index in [1.54, 1.807) is 6.92 Å². The number of carbonyl (C=O) groups is 1. The van der Waals surface area contributed by atoms with Crippen molar-refractivity contribution in [2.24, 2.45) is 5.92 Å². The van der Waals surface area contributed by atoms with Crippen molar-refractivity contribution in [2.45, 2.75) is 38.5 Å². The summed E-state index contributed by atoms with van der Waals surface area (Å²) in [4.78, 5) is 12.5. The second kappa shape index (κ2) is 4.56. The Hall–Kier alpha value is -1.89. The van der Waals surface area contributed by atoms with Crippen LogP contribution in [0, 0.1) is 5.92 Å². The van der Waals surface area contributed by atoms with Crippen LogP contribution in [0.25, 0.3) is 0 Å². The fraction of sp³-hybridized carbons (Fsp3) is 0.350. The van der Waals surface area contributed by atoms with Crippen molar-refractivity contribution in [3.8, 4) is 0 Å². The van der Waals surface area contributed by atoms with E-state index in [0.717, 1.165) is 0 Å². The van der Waals surface area contributed by atoms with Gasteiger partial charge in [0.05, 0.1) is 0 Å². The third-order valence-corrected chi connectivity index (χ3v) is 5.26. The molecule has 0 saturated heterocycles. The lowest BCUT2D eigenvalue weighted by atomic mass is 9.64. The summed E-state index contributed by atoms with van der Waals surface area (Å²) < 4.78 is 0. The molecule has 2 unspecified atom stereocenters. The zero-order valence-corrected chi connectivity index (χ0v) is 13.2. The summed E-state index contributed by atoms with van der Waals surface area (Å²) in [5.74, 6) is 0.229. The standard InChI is InChI=1S/C20H22O/c1-14(21)18-19(2,3)16-12-8-9-13-17(16)20(18,4)15-10-6-5-7-11-15/h5-13,18H,1-4H3. The molecule has 1 heteroatoms. The van der Waals surface area contributed by atoms with Crippen molar-refractivity contribution in [3.63, 3.8) is 0 Å². The minimum Gasteiger partial charge on any atom is -0.300 e. The van der Waals surface area contributed by atoms with Gasteiger partial charge in [0.2, 0.25) is 0 Å². The van der Waals surface area contributed by atoms with Gasteiger partial charge in [0.15, 0.2) is 0 Å². The maximum atomic E-state index is 12.5. The van der Waals surface area contributed by atoms with Crippen molar-refractivity contribution < 1.29 is 4.79 Å². The van der Waals surface area contributed by atoms with Crippen LogP contribution in [-0.4, -0.2) is 5.78 Å². The highest BCUT2D eigenvalue weighted by Gasteiger charge is 2.56. The lowest BCUT2D eigenvalue weighted by Gasteiger charge is -2.37. The van der Waals surface area contributed by atoms with Crippen LogP contribution in [0.2, 0.25) is 0 Å². The largest absolute Gasteiger partial charge is 0.300 e. The minimum atomic E-state index is -0.257. The van der Waals surface area contributed by atoms with Crippen LogP contribution in [0.3, 0.4) is 0 Å². The molecule has 1 aliphatic rings. The zero-order chi connectivity index (χ0) is 15.3. The maximum absolute atomic E-state index is 12.5. The van der Waals surface area contributed by atoms with E-state index in [9.17, 15) is 4.79 Å². The highest BCUT2D eigenvalue weighted by molar-refractivity contribution is 5.85. The van der Waals surface area contributed by atoms with Gasteiger partial charge in [-0.3, -0.25) is 4.79 Å². The normalized spacial score (nSPS) is 26.4. The number of fused-ring (bicyclic) bond motifs is 1. The molecule has 2 atom stereocenters. The van der Waals surface area contributed by atoms with E-state index in [1.165, 1.54) is 16.7 Å². The number of benzene rings is 2. The SMILES string of the molecule is CC(=O)C1C(C)(C)c2ccccc2C1(C)c1ccccc1. The van der Waals surface area contributed by atoms with E-state index in [4.69, 9.17) is 0 Å². The average molecular weight is 278 g/mol. The Balaban J connectivity index is 2.34. The first-order valence-corrected chi connectivity index (χ1v) is 7.56. The molecule has 0 aliphatic heterocycles. The maximum Gasteiger partial charge on any atom is 0.134 e. The van der Waals surface area contributed by atoms with Crippen LogP contribution in [0.15, 0.2) is 54.6 Å². The molecule has 0 spiro atoms. The minimum absolute atomic E-state index is 0.0372. The van der Waals surface area contributed by atoms with Gasteiger partial charge in [-0.25, -0.2) is 0 Å². The molecule has 1 aliphatic carbocycles. The number of carbonyl (C=O) groups excluding carboxylic acids is 1. The Bertz CT molecular complexity index is 684. The summed E-state index contributed by atoms with van der Waals surface area (Å²) in [6.07, 6.45) is 0. The first-order valence-electron chi connectivity index (χ1n) is 7.56. The van der Waals surface area contributed by atoms with Crippen LogP contribution >= 0.6 is 0 Å². The van der Waals surface area contributed by atoms with E-state index in [-0.39, 0.29) is 22.5 Å². The third kappa shape index (κ3) is 1.80. The van der Waals surface area contributed by atoms with Gasteiger partial charge >= 0.3 is 0 Å². The van der Waals surface area contributed by atoms with E-state index in [0.29, 0.717) is 0 Å². The molecule has 21 heavy (non-hydrogen) atoms. The Morgan fingerprint density at radius 1 is 0.857 bits per heavy atom. The topological polar surface area (TPSA) is 17.1 Å². The lowest BCUT2D eigenvalue weighted by Crippen LogP contribution is -2.41. The summed E-state index contributed by atoms with van der Waals surface area (Å²) in [7, 11) is 0. The predicted octanol–water partition coefficient (Wildman–Crippen LogP) is 4.49. The van der Waals surface area contributed by atoms with Gasteiger partial charge in [0, 0.05) is 16.7 Å². The van der Waals surface area contributed by atoms with Gasteiger partial charge in [-0.05, 0) is 23.6 Å². The molecule has 0 amide bonds. The summed E-state index contributed by atoms with van der Waals surface area (Å²) in [5, 5.41) is 0. The molecule has 0 N–H and O–H groups in total. The fourth-order valence-electron chi connectivity index (χ4n) is 4.55.